The molecule has 0 aromatic heterocycles. The number of urea groups is 2. The number of alkyl halides is 3. The molecule has 2 N–H and O–H groups in total. The largest absolute Gasteiger partial charge is 0.463 e. The highest BCUT2D eigenvalue weighted by molar-refractivity contribution is 5.95. The van der Waals surface area contributed by atoms with Crippen molar-refractivity contribution in [2.24, 2.45) is 0 Å². The highest BCUT2D eigenvalue weighted by atomic mass is 19.4. The first-order valence-electron chi connectivity index (χ1n) is 12.6. The van der Waals surface area contributed by atoms with Gasteiger partial charge in [-0.15, -0.1) is 0 Å². The van der Waals surface area contributed by atoms with E-state index < -0.39 is 29.8 Å². The molecule has 38 heavy (non-hydrogen) atoms. The van der Waals surface area contributed by atoms with E-state index in [1.54, 1.807) is 11.8 Å². The Balaban J connectivity index is 1.90. The van der Waals surface area contributed by atoms with Crippen LogP contribution in [0.1, 0.15) is 51.3 Å². The molecule has 0 radical (unpaired) electrons. The summed E-state index contributed by atoms with van der Waals surface area (Å²) in [6.07, 6.45) is -3.82. The first-order chi connectivity index (χ1) is 17.7. The van der Waals surface area contributed by atoms with Crippen molar-refractivity contribution in [3.8, 4) is 0 Å². The third kappa shape index (κ3) is 7.18. The van der Waals surface area contributed by atoms with Crippen LogP contribution in [0.3, 0.4) is 0 Å². The van der Waals surface area contributed by atoms with Gasteiger partial charge in [-0.1, -0.05) is 12.1 Å². The third-order valence-electron chi connectivity index (χ3n) is 6.37. The lowest BCUT2D eigenvalue weighted by molar-refractivity contribution is -0.139. The van der Waals surface area contributed by atoms with E-state index in [-0.39, 0.29) is 30.3 Å². The lowest BCUT2D eigenvalue weighted by Crippen LogP contribution is -2.50. The van der Waals surface area contributed by atoms with Crippen molar-refractivity contribution in [3.05, 3.63) is 46.7 Å². The molecule has 2 aliphatic rings. The number of esters is 1. The van der Waals surface area contributed by atoms with Gasteiger partial charge in [0.15, 0.2) is 0 Å². The molecule has 0 bridgehead atoms. The fraction of sp³-hybridized carbons (Fsp3) is 0.577. The number of carbonyl (C=O) groups is 3. The first-order valence-corrected chi connectivity index (χ1v) is 12.6. The van der Waals surface area contributed by atoms with Crippen molar-refractivity contribution >= 4 is 18.0 Å². The Hall–Kier alpha value is -3.28. The number of hydrogen-bond acceptors (Lipinski definition) is 5. The van der Waals surface area contributed by atoms with Gasteiger partial charge < -0.3 is 20.3 Å². The summed E-state index contributed by atoms with van der Waals surface area (Å²) in [5.74, 6) is -0.653. The number of rotatable bonds is 5. The molecule has 210 valence electrons. The van der Waals surface area contributed by atoms with Crippen LogP contribution in [0, 0.1) is 0 Å². The van der Waals surface area contributed by atoms with Gasteiger partial charge in [0.25, 0.3) is 0 Å². The standard InChI is InChI=1S/C26H36F3N5O4/c1-6-38-22(35)20-19(16-33-12-7-13-34(15-14-33)24(37)31-25(2,3)4)32(5)23(36)30-21(20)17-8-10-18(11-9-17)26(27,28)29/h8-11,21H,6-7,12-16H2,1-5H3,(H,30,36)(H,31,37)/t21-/m0/s1. The number of halogens is 3. The van der Waals surface area contributed by atoms with Crippen molar-refractivity contribution in [2.75, 3.05) is 46.4 Å². The van der Waals surface area contributed by atoms with Crippen LogP contribution in [-0.2, 0) is 15.7 Å². The lowest BCUT2D eigenvalue weighted by atomic mass is 9.93. The van der Waals surface area contributed by atoms with Crippen LogP contribution in [0.25, 0.3) is 0 Å². The second-order valence-electron chi connectivity index (χ2n) is 10.4. The van der Waals surface area contributed by atoms with E-state index in [2.05, 4.69) is 15.5 Å². The van der Waals surface area contributed by atoms with Crippen LogP contribution in [0.15, 0.2) is 35.5 Å². The van der Waals surface area contributed by atoms with Gasteiger partial charge in [0.05, 0.1) is 23.8 Å². The van der Waals surface area contributed by atoms with Gasteiger partial charge in [0.2, 0.25) is 0 Å². The van der Waals surface area contributed by atoms with Gasteiger partial charge >= 0.3 is 24.2 Å². The highest BCUT2D eigenvalue weighted by Gasteiger charge is 2.38. The molecule has 1 aromatic rings. The average Bonchev–Trinajstić information content (AvgIpc) is 3.06. The Bertz CT molecular complexity index is 1070. The van der Waals surface area contributed by atoms with Crippen molar-refractivity contribution in [1.29, 1.82) is 0 Å². The first kappa shape index (κ1) is 29.3. The maximum absolute atomic E-state index is 13.1. The van der Waals surface area contributed by atoms with E-state index in [0.29, 0.717) is 43.9 Å². The summed E-state index contributed by atoms with van der Waals surface area (Å²) >= 11 is 0. The lowest BCUT2D eigenvalue weighted by Gasteiger charge is -2.36. The molecule has 9 nitrogen and oxygen atoms in total. The van der Waals surface area contributed by atoms with E-state index in [1.807, 2.05) is 20.8 Å². The molecular weight excluding hydrogens is 503 g/mol. The summed E-state index contributed by atoms with van der Waals surface area (Å²) in [5, 5.41) is 5.69. The zero-order chi connectivity index (χ0) is 28.3. The number of carbonyl (C=O) groups excluding carboxylic acids is 3. The Labute approximate surface area is 221 Å². The minimum atomic E-state index is -4.51. The molecular formula is C26H36F3N5O4. The van der Waals surface area contributed by atoms with Crippen LogP contribution in [0.5, 0.6) is 0 Å². The molecule has 2 aliphatic heterocycles. The molecule has 0 saturated carbocycles. The van der Waals surface area contributed by atoms with Crippen molar-refractivity contribution in [1.82, 2.24) is 25.3 Å². The Morgan fingerprint density at radius 2 is 1.74 bits per heavy atom. The number of benzene rings is 1. The zero-order valence-electron chi connectivity index (χ0n) is 22.4. The van der Waals surface area contributed by atoms with E-state index in [9.17, 15) is 27.6 Å². The number of likely N-dealkylation sites (N-methyl/N-ethyl adjacent to an activating group) is 1. The minimum Gasteiger partial charge on any atom is -0.463 e. The zero-order valence-corrected chi connectivity index (χ0v) is 22.4. The number of nitrogens with zero attached hydrogens (tertiary/aromatic N) is 3. The summed E-state index contributed by atoms with van der Waals surface area (Å²) < 4.78 is 44.6. The molecule has 1 saturated heterocycles. The van der Waals surface area contributed by atoms with Crippen molar-refractivity contribution in [3.63, 3.8) is 0 Å². The molecule has 1 fully saturated rings. The number of amides is 4. The summed E-state index contributed by atoms with van der Waals surface area (Å²) in [6.45, 7) is 9.87. The summed E-state index contributed by atoms with van der Waals surface area (Å²) in [6, 6.07) is 2.75. The smallest absolute Gasteiger partial charge is 0.416 e. The Morgan fingerprint density at radius 1 is 1.08 bits per heavy atom. The average molecular weight is 540 g/mol. The Morgan fingerprint density at radius 3 is 2.32 bits per heavy atom. The quantitative estimate of drug-likeness (QED) is 0.557. The monoisotopic (exact) mass is 539 g/mol. The molecule has 0 aliphatic carbocycles. The summed E-state index contributed by atoms with van der Waals surface area (Å²) in [7, 11) is 1.54. The maximum Gasteiger partial charge on any atom is 0.416 e. The normalized spacial score (nSPS) is 19.7. The molecule has 0 unspecified atom stereocenters. The predicted molar refractivity (Wildman–Crippen MR) is 135 cm³/mol. The fourth-order valence-corrected chi connectivity index (χ4v) is 4.46. The molecule has 0 spiro atoms. The topological polar surface area (TPSA) is 94.2 Å². The van der Waals surface area contributed by atoms with Crippen LogP contribution in [-0.4, -0.2) is 84.6 Å². The molecule has 2 heterocycles. The van der Waals surface area contributed by atoms with Gasteiger partial charge in [-0.3, -0.25) is 9.80 Å². The van der Waals surface area contributed by atoms with Crippen molar-refractivity contribution < 1.29 is 32.3 Å². The molecule has 4 amide bonds. The van der Waals surface area contributed by atoms with Crippen LogP contribution < -0.4 is 10.6 Å². The van der Waals surface area contributed by atoms with Crippen LogP contribution in [0.4, 0.5) is 22.8 Å². The molecule has 3 rings (SSSR count). The van der Waals surface area contributed by atoms with E-state index in [1.165, 1.54) is 24.1 Å². The van der Waals surface area contributed by atoms with Gasteiger partial charge in [-0.2, -0.15) is 13.2 Å². The molecule has 12 heteroatoms. The number of hydrogen-bond donors (Lipinski definition) is 2. The third-order valence-corrected chi connectivity index (χ3v) is 6.37. The molecule has 1 aromatic carbocycles. The molecule has 1 atom stereocenters. The van der Waals surface area contributed by atoms with Gasteiger partial charge in [0.1, 0.15) is 0 Å². The van der Waals surface area contributed by atoms with Crippen LogP contribution >= 0.6 is 0 Å². The second kappa shape index (κ2) is 11.6. The summed E-state index contributed by atoms with van der Waals surface area (Å²) in [4.78, 5) is 43.8. The van der Waals surface area contributed by atoms with E-state index in [0.717, 1.165) is 12.1 Å². The minimum absolute atomic E-state index is 0.0918. The second-order valence-corrected chi connectivity index (χ2v) is 10.4. The maximum atomic E-state index is 13.1. The van der Waals surface area contributed by atoms with Crippen LogP contribution in [0.2, 0.25) is 0 Å². The fourth-order valence-electron chi connectivity index (χ4n) is 4.46. The highest BCUT2D eigenvalue weighted by Crippen LogP contribution is 2.34. The number of nitrogens with one attached hydrogen (secondary N) is 2. The predicted octanol–water partition coefficient (Wildman–Crippen LogP) is 3.73. The van der Waals surface area contributed by atoms with E-state index in [4.69, 9.17) is 4.74 Å². The van der Waals surface area contributed by atoms with Crippen molar-refractivity contribution in [2.45, 2.75) is 51.9 Å². The number of ether oxygens (including phenoxy) is 1. The van der Waals surface area contributed by atoms with Gasteiger partial charge in [-0.25, -0.2) is 14.4 Å². The summed E-state index contributed by atoms with van der Waals surface area (Å²) in [5.41, 5.74) is -0.286. The van der Waals surface area contributed by atoms with Gasteiger partial charge in [0, 0.05) is 51.0 Å². The van der Waals surface area contributed by atoms with Gasteiger partial charge in [-0.05, 0) is 51.8 Å². The Kier molecular flexibility index (Phi) is 8.96. The SMILES string of the molecule is CCOC(=O)C1=C(CN2CCCN(C(=O)NC(C)(C)C)CC2)N(C)C(=O)N[C@H]1c1ccc(C(F)(F)F)cc1. The van der Waals surface area contributed by atoms with E-state index >= 15 is 0 Å².